The van der Waals surface area contributed by atoms with Crippen LogP contribution in [0.4, 0.5) is 0 Å². The standard InChI is InChI=1S/C15H25N3O2S/c1-2-16-10-14-9-15(11-18(14)13-7-8-13)21(19,20)17-12-5-3-4-6-12/h9,11-13,16-17H,2-8,10H2,1H3. The molecule has 118 valence electrons. The summed E-state index contributed by atoms with van der Waals surface area (Å²) in [6, 6.07) is 2.45. The topological polar surface area (TPSA) is 63.1 Å². The largest absolute Gasteiger partial charge is 0.346 e. The third-order valence-electron chi connectivity index (χ3n) is 4.39. The average Bonchev–Trinajstić information content (AvgIpc) is 2.99. The molecule has 1 aromatic rings. The second-order valence-corrected chi connectivity index (χ2v) is 7.90. The molecule has 5 nitrogen and oxygen atoms in total. The quantitative estimate of drug-likeness (QED) is 0.811. The molecule has 2 fully saturated rings. The monoisotopic (exact) mass is 311 g/mol. The van der Waals surface area contributed by atoms with E-state index in [2.05, 4.69) is 21.5 Å². The van der Waals surface area contributed by atoms with Gasteiger partial charge >= 0.3 is 0 Å². The van der Waals surface area contributed by atoms with Crippen molar-refractivity contribution in [1.29, 1.82) is 0 Å². The van der Waals surface area contributed by atoms with Gasteiger partial charge in [0, 0.05) is 30.5 Å². The molecule has 0 radical (unpaired) electrons. The first kappa shape index (κ1) is 15.1. The molecule has 2 aliphatic carbocycles. The predicted octanol–water partition coefficient (Wildman–Crippen LogP) is 2.15. The molecule has 3 rings (SSSR count). The lowest BCUT2D eigenvalue weighted by atomic mass is 10.3. The van der Waals surface area contributed by atoms with E-state index in [-0.39, 0.29) is 6.04 Å². The number of aromatic nitrogens is 1. The number of hydrogen-bond donors (Lipinski definition) is 2. The van der Waals surface area contributed by atoms with Gasteiger partial charge in [-0.25, -0.2) is 13.1 Å². The van der Waals surface area contributed by atoms with E-state index in [0.29, 0.717) is 10.9 Å². The first-order valence-electron chi connectivity index (χ1n) is 8.04. The Morgan fingerprint density at radius 3 is 2.57 bits per heavy atom. The van der Waals surface area contributed by atoms with Gasteiger partial charge in [-0.1, -0.05) is 19.8 Å². The summed E-state index contributed by atoms with van der Waals surface area (Å²) in [6.07, 6.45) is 8.32. The van der Waals surface area contributed by atoms with Gasteiger partial charge in [0.1, 0.15) is 0 Å². The molecule has 2 aliphatic rings. The molecule has 0 bridgehead atoms. The molecule has 0 saturated heterocycles. The van der Waals surface area contributed by atoms with Gasteiger partial charge in [-0.2, -0.15) is 0 Å². The minimum absolute atomic E-state index is 0.122. The van der Waals surface area contributed by atoms with Crippen LogP contribution >= 0.6 is 0 Å². The van der Waals surface area contributed by atoms with Crippen molar-refractivity contribution < 1.29 is 8.42 Å². The van der Waals surface area contributed by atoms with Gasteiger partial charge in [0.05, 0.1) is 4.90 Å². The highest BCUT2D eigenvalue weighted by Crippen LogP contribution is 2.37. The van der Waals surface area contributed by atoms with Gasteiger partial charge in [0.2, 0.25) is 10.0 Å². The normalized spacial score (nSPS) is 20.2. The molecule has 0 unspecified atom stereocenters. The minimum atomic E-state index is -3.37. The van der Waals surface area contributed by atoms with Crippen LogP contribution in [0.2, 0.25) is 0 Å². The van der Waals surface area contributed by atoms with Crippen LogP contribution in [0.5, 0.6) is 0 Å². The summed E-state index contributed by atoms with van der Waals surface area (Å²) in [4.78, 5) is 0.425. The van der Waals surface area contributed by atoms with Crippen LogP contribution in [-0.4, -0.2) is 25.6 Å². The van der Waals surface area contributed by atoms with Crippen molar-refractivity contribution in [2.45, 2.75) is 69.0 Å². The Hall–Kier alpha value is -0.850. The molecule has 21 heavy (non-hydrogen) atoms. The third-order valence-corrected chi connectivity index (χ3v) is 5.88. The van der Waals surface area contributed by atoms with Gasteiger partial charge < -0.3 is 9.88 Å². The van der Waals surface area contributed by atoms with Crippen LogP contribution in [-0.2, 0) is 16.6 Å². The molecule has 0 aliphatic heterocycles. The first-order valence-corrected chi connectivity index (χ1v) is 9.52. The predicted molar refractivity (Wildman–Crippen MR) is 82.7 cm³/mol. The van der Waals surface area contributed by atoms with E-state index in [1.807, 2.05) is 12.3 Å². The van der Waals surface area contributed by atoms with Gasteiger partial charge in [-0.15, -0.1) is 0 Å². The molecule has 2 N–H and O–H groups in total. The molecule has 0 atom stereocenters. The van der Waals surface area contributed by atoms with E-state index < -0.39 is 10.0 Å². The van der Waals surface area contributed by atoms with Crippen LogP contribution in [0.1, 0.15) is 57.2 Å². The van der Waals surface area contributed by atoms with Gasteiger partial charge in [-0.05, 0) is 38.3 Å². The highest BCUT2D eigenvalue weighted by Gasteiger charge is 2.29. The van der Waals surface area contributed by atoms with Crippen molar-refractivity contribution >= 4 is 10.0 Å². The fraction of sp³-hybridized carbons (Fsp3) is 0.733. The molecular formula is C15H25N3O2S. The Bertz CT molecular complexity index is 584. The number of hydrogen-bond acceptors (Lipinski definition) is 3. The van der Waals surface area contributed by atoms with E-state index in [9.17, 15) is 8.42 Å². The summed E-state index contributed by atoms with van der Waals surface area (Å²) in [5, 5.41) is 3.29. The van der Waals surface area contributed by atoms with Crippen molar-refractivity contribution in [3.8, 4) is 0 Å². The van der Waals surface area contributed by atoms with E-state index in [1.165, 1.54) is 0 Å². The lowest BCUT2D eigenvalue weighted by molar-refractivity contribution is 0.552. The Balaban J connectivity index is 1.79. The zero-order chi connectivity index (χ0) is 14.9. The molecular weight excluding hydrogens is 286 g/mol. The summed E-state index contributed by atoms with van der Waals surface area (Å²) in [7, 11) is -3.37. The summed E-state index contributed by atoms with van der Waals surface area (Å²) in [5.74, 6) is 0. The first-order chi connectivity index (χ1) is 10.1. The SMILES string of the molecule is CCNCc1cc(S(=O)(=O)NC2CCCC2)cn1C1CC1. The van der Waals surface area contributed by atoms with Crippen molar-refractivity contribution in [2.24, 2.45) is 0 Å². The lowest BCUT2D eigenvalue weighted by Gasteiger charge is -2.11. The smallest absolute Gasteiger partial charge is 0.242 e. The lowest BCUT2D eigenvalue weighted by Crippen LogP contribution is -2.32. The minimum Gasteiger partial charge on any atom is -0.346 e. The Kier molecular flexibility index (Phi) is 4.38. The average molecular weight is 311 g/mol. The Labute approximate surface area is 127 Å². The maximum Gasteiger partial charge on any atom is 0.242 e. The summed E-state index contributed by atoms with van der Waals surface area (Å²) in [5.41, 5.74) is 1.08. The zero-order valence-electron chi connectivity index (χ0n) is 12.6. The highest BCUT2D eigenvalue weighted by molar-refractivity contribution is 7.89. The molecule has 0 aromatic carbocycles. The van der Waals surface area contributed by atoms with E-state index >= 15 is 0 Å². The second kappa shape index (κ2) is 6.10. The molecule has 2 saturated carbocycles. The zero-order valence-corrected chi connectivity index (χ0v) is 13.5. The molecule has 0 amide bonds. The third kappa shape index (κ3) is 3.49. The fourth-order valence-electron chi connectivity index (χ4n) is 3.06. The fourth-order valence-corrected chi connectivity index (χ4v) is 4.42. The number of rotatable bonds is 7. The van der Waals surface area contributed by atoms with Crippen LogP contribution < -0.4 is 10.0 Å². The number of nitrogens with zero attached hydrogens (tertiary/aromatic N) is 1. The highest BCUT2D eigenvalue weighted by atomic mass is 32.2. The van der Waals surface area contributed by atoms with Crippen LogP contribution in [0.25, 0.3) is 0 Å². The Morgan fingerprint density at radius 2 is 1.95 bits per heavy atom. The summed E-state index contributed by atoms with van der Waals surface area (Å²) >= 11 is 0. The van der Waals surface area contributed by atoms with E-state index in [1.54, 1.807) is 0 Å². The van der Waals surface area contributed by atoms with Gasteiger partial charge in [-0.3, -0.25) is 0 Å². The molecule has 0 spiro atoms. The number of nitrogens with one attached hydrogen (secondary N) is 2. The van der Waals surface area contributed by atoms with Crippen molar-refractivity contribution in [2.75, 3.05) is 6.54 Å². The van der Waals surface area contributed by atoms with Crippen LogP contribution in [0.3, 0.4) is 0 Å². The summed E-state index contributed by atoms with van der Waals surface area (Å²) in [6.45, 7) is 3.67. The van der Waals surface area contributed by atoms with E-state index in [4.69, 9.17) is 0 Å². The van der Waals surface area contributed by atoms with E-state index in [0.717, 1.165) is 57.3 Å². The number of sulfonamides is 1. The second-order valence-electron chi connectivity index (χ2n) is 6.19. The summed E-state index contributed by atoms with van der Waals surface area (Å²) < 4.78 is 30.1. The van der Waals surface area contributed by atoms with Gasteiger partial charge in [0.15, 0.2) is 0 Å². The van der Waals surface area contributed by atoms with Crippen molar-refractivity contribution in [3.63, 3.8) is 0 Å². The van der Waals surface area contributed by atoms with Gasteiger partial charge in [0.25, 0.3) is 0 Å². The van der Waals surface area contributed by atoms with Crippen LogP contribution in [0.15, 0.2) is 17.2 Å². The molecule has 1 heterocycles. The molecule has 6 heteroatoms. The molecule has 1 aromatic heterocycles. The maximum atomic E-state index is 12.5. The van der Waals surface area contributed by atoms with Crippen molar-refractivity contribution in [3.05, 3.63) is 18.0 Å². The maximum absolute atomic E-state index is 12.5. The van der Waals surface area contributed by atoms with Crippen molar-refractivity contribution in [1.82, 2.24) is 14.6 Å². The Morgan fingerprint density at radius 1 is 1.24 bits per heavy atom. The van der Waals surface area contributed by atoms with Crippen LogP contribution in [0, 0.1) is 0 Å².